The van der Waals surface area contributed by atoms with Gasteiger partial charge in [-0.1, -0.05) is 19.1 Å². The lowest BCUT2D eigenvalue weighted by Crippen LogP contribution is -2.30. The van der Waals surface area contributed by atoms with Crippen molar-refractivity contribution in [3.05, 3.63) is 42.1 Å². The van der Waals surface area contributed by atoms with Gasteiger partial charge in [0, 0.05) is 23.7 Å². The van der Waals surface area contributed by atoms with E-state index in [-0.39, 0.29) is 17.0 Å². The van der Waals surface area contributed by atoms with Crippen molar-refractivity contribution < 1.29 is 8.42 Å². The van der Waals surface area contributed by atoms with E-state index in [0.29, 0.717) is 11.4 Å². The average Bonchev–Trinajstić information content (AvgIpc) is 2.93. The van der Waals surface area contributed by atoms with Crippen LogP contribution in [0, 0.1) is 0 Å². The van der Waals surface area contributed by atoms with E-state index in [9.17, 15) is 8.42 Å². The number of nitrogen functional groups attached to an aromatic ring is 1. The summed E-state index contributed by atoms with van der Waals surface area (Å²) in [4.78, 5) is 4.59. The molecule has 7 heteroatoms. The standard InChI is InChI=1S/C21H28N4O2S/c1-6-15-7-9-17-19(11-15)25(14(4)5)21(20(17)22)18-10-8-16(12-23-18)28(26,27)24-13(2)3/h7-14,24H,6,22H2,1-5H3. The zero-order valence-electron chi connectivity index (χ0n) is 17.0. The van der Waals surface area contributed by atoms with Gasteiger partial charge in [-0.3, -0.25) is 4.98 Å². The normalized spacial score (nSPS) is 12.4. The second kappa shape index (κ2) is 7.56. The van der Waals surface area contributed by atoms with Gasteiger partial charge >= 0.3 is 0 Å². The topological polar surface area (TPSA) is 90.0 Å². The molecule has 3 aromatic rings. The summed E-state index contributed by atoms with van der Waals surface area (Å²) in [5.74, 6) is 0. The number of aromatic nitrogens is 2. The molecule has 2 heterocycles. The van der Waals surface area contributed by atoms with Gasteiger partial charge in [0.15, 0.2) is 0 Å². The fourth-order valence-electron chi connectivity index (χ4n) is 3.46. The average molecular weight is 401 g/mol. The molecule has 28 heavy (non-hydrogen) atoms. The maximum absolute atomic E-state index is 12.4. The quantitative estimate of drug-likeness (QED) is 0.651. The number of rotatable bonds is 6. The number of nitrogens with zero attached hydrogens (tertiary/aromatic N) is 2. The van der Waals surface area contributed by atoms with Crippen LogP contribution < -0.4 is 10.5 Å². The SMILES string of the molecule is CCc1ccc2c(N)c(-c3ccc(S(=O)(=O)NC(C)C)cn3)n(C(C)C)c2c1. The summed E-state index contributed by atoms with van der Waals surface area (Å²) < 4.78 is 29.5. The van der Waals surface area contributed by atoms with Crippen LogP contribution in [0.15, 0.2) is 41.4 Å². The van der Waals surface area contributed by atoms with Crippen molar-refractivity contribution in [3.8, 4) is 11.4 Å². The molecule has 0 aliphatic heterocycles. The molecule has 6 nitrogen and oxygen atoms in total. The van der Waals surface area contributed by atoms with E-state index >= 15 is 0 Å². The predicted octanol–water partition coefficient (Wildman–Crippen LogP) is 4.12. The molecule has 0 unspecified atom stereocenters. The van der Waals surface area contributed by atoms with Crippen LogP contribution in [-0.4, -0.2) is 24.0 Å². The Hall–Kier alpha value is -2.38. The number of anilines is 1. The first-order valence-corrected chi connectivity index (χ1v) is 11.0. The summed E-state index contributed by atoms with van der Waals surface area (Å²) in [6, 6.07) is 9.60. The van der Waals surface area contributed by atoms with Gasteiger partial charge in [-0.15, -0.1) is 0 Å². The largest absolute Gasteiger partial charge is 0.396 e. The number of benzene rings is 1. The van der Waals surface area contributed by atoms with E-state index in [1.165, 1.54) is 11.8 Å². The number of sulfonamides is 1. The number of hydrogen-bond acceptors (Lipinski definition) is 4. The summed E-state index contributed by atoms with van der Waals surface area (Å²) in [6.45, 7) is 9.90. The predicted molar refractivity (Wildman–Crippen MR) is 115 cm³/mol. The van der Waals surface area contributed by atoms with Crippen molar-refractivity contribution >= 4 is 26.6 Å². The lowest BCUT2D eigenvalue weighted by Gasteiger charge is -2.15. The molecule has 0 saturated heterocycles. The zero-order valence-corrected chi connectivity index (χ0v) is 17.8. The molecule has 0 atom stereocenters. The summed E-state index contributed by atoms with van der Waals surface area (Å²) in [6.07, 6.45) is 2.33. The molecule has 0 amide bonds. The smallest absolute Gasteiger partial charge is 0.242 e. The second-order valence-electron chi connectivity index (χ2n) is 7.59. The molecule has 0 fully saturated rings. The van der Waals surface area contributed by atoms with E-state index in [1.807, 2.05) is 0 Å². The number of hydrogen-bond donors (Lipinski definition) is 2. The van der Waals surface area contributed by atoms with Gasteiger partial charge in [0.25, 0.3) is 0 Å². The lowest BCUT2D eigenvalue weighted by atomic mass is 10.1. The fourth-order valence-corrected chi connectivity index (χ4v) is 4.65. The van der Waals surface area contributed by atoms with Crippen molar-refractivity contribution in [2.75, 3.05) is 5.73 Å². The molecule has 2 aromatic heterocycles. The van der Waals surface area contributed by atoms with Crippen LogP contribution >= 0.6 is 0 Å². The van der Waals surface area contributed by atoms with E-state index in [2.05, 4.69) is 53.2 Å². The molecular formula is C21H28N4O2S. The minimum atomic E-state index is -3.58. The van der Waals surface area contributed by atoms with E-state index in [0.717, 1.165) is 23.0 Å². The maximum atomic E-state index is 12.4. The van der Waals surface area contributed by atoms with Crippen molar-refractivity contribution in [2.45, 2.75) is 58.0 Å². The molecule has 1 aromatic carbocycles. The third-order valence-electron chi connectivity index (χ3n) is 4.71. The van der Waals surface area contributed by atoms with Crippen molar-refractivity contribution in [1.29, 1.82) is 0 Å². The fraction of sp³-hybridized carbons (Fsp3) is 0.381. The molecule has 3 N–H and O–H groups in total. The number of nitrogens with two attached hydrogens (primary N) is 1. The first kappa shape index (κ1) is 20.4. The van der Waals surface area contributed by atoms with Crippen molar-refractivity contribution in [2.24, 2.45) is 0 Å². The molecule has 0 aliphatic carbocycles. The van der Waals surface area contributed by atoms with E-state index in [4.69, 9.17) is 5.73 Å². The third kappa shape index (κ3) is 3.64. The molecular weight excluding hydrogens is 372 g/mol. The van der Waals surface area contributed by atoms with Gasteiger partial charge < -0.3 is 10.3 Å². The first-order valence-electron chi connectivity index (χ1n) is 9.56. The van der Waals surface area contributed by atoms with Crippen molar-refractivity contribution in [1.82, 2.24) is 14.3 Å². The minimum absolute atomic E-state index is 0.143. The highest BCUT2D eigenvalue weighted by Crippen LogP contribution is 2.38. The van der Waals surface area contributed by atoms with Gasteiger partial charge in [0.05, 0.1) is 22.6 Å². The van der Waals surface area contributed by atoms with Crippen LogP contribution in [0.5, 0.6) is 0 Å². The Bertz CT molecular complexity index is 1100. The molecule has 0 radical (unpaired) electrons. The Balaban J connectivity index is 2.16. The number of nitrogens with one attached hydrogen (secondary N) is 1. The molecule has 150 valence electrons. The van der Waals surface area contributed by atoms with Crippen LogP contribution in [0.2, 0.25) is 0 Å². The van der Waals surface area contributed by atoms with Crippen LogP contribution in [0.3, 0.4) is 0 Å². The molecule has 0 spiro atoms. The minimum Gasteiger partial charge on any atom is -0.396 e. The number of aryl methyl sites for hydroxylation is 1. The molecule has 0 bridgehead atoms. The number of pyridine rings is 1. The van der Waals surface area contributed by atoms with Gasteiger partial charge in [-0.2, -0.15) is 0 Å². The van der Waals surface area contributed by atoms with Gasteiger partial charge in [0.1, 0.15) is 4.90 Å². The monoisotopic (exact) mass is 400 g/mol. The van der Waals surface area contributed by atoms with Gasteiger partial charge in [0.2, 0.25) is 10.0 Å². The summed E-state index contributed by atoms with van der Waals surface area (Å²) in [5.41, 5.74) is 11.0. The summed E-state index contributed by atoms with van der Waals surface area (Å²) in [7, 11) is -3.58. The van der Waals surface area contributed by atoms with Crippen LogP contribution in [0.4, 0.5) is 5.69 Å². The zero-order chi connectivity index (χ0) is 20.6. The lowest BCUT2D eigenvalue weighted by molar-refractivity contribution is 0.569. The maximum Gasteiger partial charge on any atom is 0.242 e. The highest BCUT2D eigenvalue weighted by molar-refractivity contribution is 7.89. The Morgan fingerprint density at radius 1 is 1.14 bits per heavy atom. The van der Waals surface area contributed by atoms with E-state index in [1.54, 1.807) is 26.0 Å². The summed E-state index contributed by atoms with van der Waals surface area (Å²) in [5, 5.41) is 0.987. The number of fused-ring (bicyclic) bond motifs is 1. The Kier molecular flexibility index (Phi) is 5.50. The third-order valence-corrected chi connectivity index (χ3v) is 6.36. The van der Waals surface area contributed by atoms with Crippen LogP contribution in [-0.2, 0) is 16.4 Å². The summed E-state index contributed by atoms with van der Waals surface area (Å²) >= 11 is 0. The van der Waals surface area contributed by atoms with Crippen LogP contribution in [0.1, 0.15) is 46.2 Å². The molecule has 0 saturated carbocycles. The molecule has 3 rings (SSSR count). The highest BCUT2D eigenvalue weighted by Gasteiger charge is 2.21. The Morgan fingerprint density at radius 3 is 2.39 bits per heavy atom. The van der Waals surface area contributed by atoms with Gasteiger partial charge in [-0.25, -0.2) is 13.1 Å². The Labute approximate surface area is 166 Å². The Morgan fingerprint density at radius 2 is 1.86 bits per heavy atom. The van der Waals surface area contributed by atoms with E-state index < -0.39 is 10.0 Å². The van der Waals surface area contributed by atoms with Crippen molar-refractivity contribution in [3.63, 3.8) is 0 Å². The first-order chi connectivity index (χ1) is 13.2. The second-order valence-corrected chi connectivity index (χ2v) is 9.30. The van der Waals surface area contributed by atoms with Crippen LogP contribution in [0.25, 0.3) is 22.3 Å². The molecule has 0 aliphatic rings. The highest BCUT2D eigenvalue weighted by atomic mass is 32.2. The van der Waals surface area contributed by atoms with Gasteiger partial charge in [-0.05, 0) is 57.9 Å².